The van der Waals surface area contributed by atoms with Crippen LogP contribution in [0.2, 0.25) is 0 Å². The number of nitrogens with zero attached hydrogens (tertiary/aromatic N) is 3. The second-order valence-corrected chi connectivity index (χ2v) is 8.64. The molecule has 0 aromatic heterocycles. The third-order valence-electron chi connectivity index (χ3n) is 4.97. The number of nitriles is 1. The average molecular weight is 411 g/mol. The number of carbonyl (C=O) groups is 2. The first-order valence-electron chi connectivity index (χ1n) is 9.24. The van der Waals surface area contributed by atoms with E-state index in [9.17, 15) is 23.3 Å². The SMILES string of the molecule is CCN(CC)S(=O)(=O)c1ccc2c(c1)C(=O)[C@H](C#N)C(=O)N2c1ccc(C)cc1. The van der Waals surface area contributed by atoms with Gasteiger partial charge in [0.1, 0.15) is 0 Å². The van der Waals surface area contributed by atoms with Gasteiger partial charge in [0.25, 0.3) is 5.91 Å². The van der Waals surface area contributed by atoms with E-state index in [0.29, 0.717) is 18.8 Å². The number of rotatable bonds is 5. The molecule has 0 bridgehead atoms. The zero-order valence-electron chi connectivity index (χ0n) is 16.4. The van der Waals surface area contributed by atoms with Crippen molar-refractivity contribution in [1.82, 2.24) is 4.31 Å². The van der Waals surface area contributed by atoms with Crippen LogP contribution in [0.1, 0.15) is 29.8 Å². The van der Waals surface area contributed by atoms with E-state index in [1.165, 1.54) is 27.4 Å². The fourth-order valence-electron chi connectivity index (χ4n) is 3.37. The average Bonchev–Trinajstić information content (AvgIpc) is 2.70. The summed E-state index contributed by atoms with van der Waals surface area (Å²) in [5.74, 6) is -2.85. The number of aryl methyl sites for hydroxylation is 1. The van der Waals surface area contributed by atoms with Crippen LogP contribution < -0.4 is 4.90 Å². The molecule has 0 saturated carbocycles. The van der Waals surface area contributed by atoms with Crippen LogP contribution in [0.4, 0.5) is 11.4 Å². The van der Waals surface area contributed by atoms with Crippen molar-refractivity contribution < 1.29 is 18.0 Å². The second-order valence-electron chi connectivity index (χ2n) is 6.70. The number of ketones is 1. The quantitative estimate of drug-likeness (QED) is 0.704. The van der Waals surface area contributed by atoms with Crippen LogP contribution >= 0.6 is 0 Å². The molecule has 8 heteroatoms. The second kappa shape index (κ2) is 7.78. The fourth-order valence-corrected chi connectivity index (χ4v) is 4.85. The molecule has 2 aromatic carbocycles. The van der Waals surface area contributed by atoms with Crippen molar-refractivity contribution in [2.24, 2.45) is 5.92 Å². The lowest BCUT2D eigenvalue weighted by molar-refractivity contribution is -0.119. The van der Waals surface area contributed by atoms with Gasteiger partial charge in [0, 0.05) is 24.3 Å². The number of carbonyl (C=O) groups excluding carboxylic acids is 2. The van der Waals surface area contributed by atoms with Gasteiger partial charge in [0.05, 0.1) is 16.7 Å². The molecule has 29 heavy (non-hydrogen) atoms. The highest BCUT2D eigenvalue weighted by atomic mass is 32.2. The number of benzene rings is 2. The zero-order chi connectivity index (χ0) is 21.3. The summed E-state index contributed by atoms with van der Waals surface area (Å²) in [5, 5.41) is 9.41. The minimum Gasteiger partial charge on any atom is -0.292 e. The van der Waals surface area contributed by atoms with E-state index in [4.69, 9.17) is 0 Å². The van der Waals surface area contributed by atoms with Gasteiger partial charge < -0.3 is 0 Å². The van der Waals surface area contributed by atoms with Crippen molar-refractivity contribution in [2.45, 2.75) is 25.7 Å². The third-order valence-corrected chi connectivity index (χ3v) is 7.01. The van der Waals surface area contributed by atoms with Crippen molar-refractivity contribution in [3.63, 3.8) is 0 Å². The Labute approximate surface area is 170 Å². The number of hydrogen-bond acceptors (Lipinski definition) is 5. The van der Waals surface area contributed by atoms with Gasteiger partial charge in [-0.2, -0.15) is 9.57 Å². The van der Waals surface area contributed by atoms with E-state index < -0.39 is 27.6 Å². The molecule has 1 heterocycles. The molecule has 0 spiro atoms. The van der Waals surface area contributed by atoms with Crippen molar-refractivity contribution in [2.75, 3.05) is 18.0 Å². The largest absolute Gasteiger partial charge is 0.292 e. The molecule has 1 aliphatic heterocycles. The Balaban J connectivity index is 2.21. The minimum atomic E-state index is -3.79. The molecule has 1 aliphatic rings. The molecule has 0 N–H and O–H groups in total. The summed E-state index contributed by atoms with van der Waals surface area (Å²) in [7, 11) is -3.79. The van der Waals surface area contributed by atoms with Crippen molar-refractivity contribution in [1.29, 1.82) is 5.26 Å². The minimum absolute atomic E-state index is 0.0387. The maximum Gasteiger partial charge on any atom is 0.256 e. The van der Waals surface area contributed by atoms with E-state index in [2.05, 4.69) is 0 Å². The topological polar surface area (TPSA) is 98.5 Å². The maximum absolute atomic E-state index is 12.9. The maximum atomic E-state index is 12.9. The molecule has 7 nitrogen and oxygen atoms in total. The highest BCUT2D eigenvalue weighted by Crippen LogP contribution is 2.37. The number of sulfonamides is 1. The first-order chi connectivity index (χ1) is 13.8. The number of hydrogen-bond donors (Lipinski definition) is 0. The Morgan fingerprint density at radius 3 is 2.24 bits per heavy atom. The van der Waals surface area contributed by atoms with Crippen LogP contribution in [0.25, 0.3) is 0 Å². The monoisotopic (exact) mass is 411 g/mol. The van der Waals surface area contributed by atoms with Gasteiger partial charge in [-0.1, -0.05) is 31.5 Å². The lowest BCUT2D eigenvalue weighted by Crippen LogP contribution is -2.41. The van der Waals surface area contributed by atoms with Gasteiger partial charge in [-0.15, -0.1) is 0 Å². The molecular weight excluding hydrogens is 390 g/mol. The number of Topliss-reactive ketones (excluding diaryl/α,β-unsaturated/α-hetero) is 1. The Morgan fingerprint density at radius 2 is 1.69 bits per heavy atom. The molecule has 0 fully saturated rings. The summed E-state index contributed by atoms with van der Waals surface area (Å²) in [6.07, 6.45) is 0. The van der Waals surface area contributed by atoms with Crippen molar-refractivity contribution >= 4 is 33.1 Å². The van der Waals surface area contributed by atoms with Gasteiger partial charge >= 0.3 is 0 Å². The van der Waals surface area contributed by atoms with Gasteiger partial charge in [0.2, 0.25) is 10.0 Å². The summed E-state index contributed by atoms with van der Waals surface area (Å²) >= 11 is 0. The molecule has 1 amide bonds. The molecule has 0 aliphatic carbocycles. The highest BCUT2D eigenvalue weighted by molar-refractivity contribution is 7.89. The summed E-state index contributed by atoms with van der Waals surface area (Å²) in [6.45, 7) is 5.95. The molecule has 150 valence electrons. The first-order valence-corrected chi connectivity index (χ1v) is 10.7. The smallest absolute Gasteiger partial charge is 0.256 e. The predicted molar refractivity (Wildman–Crippen MR) is 108 cm³/mol. The first kappa shape index (κ1) is 20.7. The fraction of sp³-hybridized carbons (Fsp3) is 0.286. The van der Waals surface area contributed by atoms with Gasteiger partial charge in [0.15, 0.2) is 11.7 Å². The lowest BCUT2D eigenvalue weighted by Gasteiger charge is -2.31. The van der Waals surface area contributed by atoms with Crippen LogP contribution in [0, 0.1) is 24.2 Å². The summed E-state index contributed by atoms with van der Waals surface area (Å²) in [5.41, 5.74) is 1.82. The molecule has 1 atom stereocenters. The van der Waals surface area contributed by atoms with Crippen LogP contribution in [0.5, 0.6) is 0 Å². The molecule has 0 radical (unpaired) electrons. The van der Waals surface area contributed by atoms with Gasteiger partial charge in [-0.05, 0) is 37.3 Å². The van der Waals surface area contributed by atoms with E-state index in [-0.39, 0.29) is 16.1 Å². The van der Waals surface area contributed by atoms with E-state index in [0.717, 1.165) is 5.56 Å². The van der Waals surface area contributed by atoms with Gasteiger partial charge in [-0.3, -0.25) is 14.5 Å². The van der Waals surface area contributed by atoms with Crippen molar-refractivity contribution in [3.8, 4) is 6.07 Å². The van der Waals surface area contributed by atoms with E-state index >= 15 is 0 Å². The van der Waals surface area contributed by atoms with E-state index in [1.807, 2.05) is 19.1 Å². The van der Waals surface area contributed by atoms with Crippen LogP contribution in [0.15, 0.2) is 47.4 Å². The number of fused-ring (bicyclic) bond motifs is 1. The molecule has 2 aromatic rings. The van der Waals surface area contributed by atoms with Crippen molar-refractivity contribution in [3.05, 3.63) is 53.6 Å². The Hall–Kier alpha value is -3.02. The summed E-state index contributed by atoms with van der Waals surface area (Å²) in [4.78, 5) is 26.9. The Morgan fingerprint density at radius 1 is 1.07 bits per heavy atom. The number of amides is 1. The third kappa shape index (κ3) is 3.43. The molecule has 0 unspecified atom stereocenters. The summed E-state index contributed by atoms with van der Waals surface area (Å²) in [6, 6.07) is 13.0. The van der Waals surface area contributed by atoms with Crippen LogP contribution in [-0.2, 0) is 14.8 Å². The molecule has 3 rings (SSSR count). The van der Waals surface area contributed by atoms with Crippen LogP contribution in [0.3, 0.4) is 0 Å². The molecule has 0 saturated heterocycles. The normalized spacial score (nSPS) is 16.7. The van der Waals surface area contributed by atoms with Gasteiger partial charge in [-0.25, -0.2) is 8.42 Å². The standard InChI is InChI=1S/C21H21N3O4S/c1-4-23(5-2)29(27,28)16-10-11-19-17(12-16)20(25)18(13-22)21(26)24(19)15-8-6-14(3)7-9-15/h6-12,18H,4-5H2,1-3H3/t18-/m0/s1. The zero-order valence-corrected chi connectivity index (χ0v) is 17.2. The van der Waals surface area contributed by atoms with E-state index in [1.54, 1.807) is 32.0 Å². The Bertz CT molecular complexity index is 1110. The summed E-state index contributed by atoms with van der Waals surface area (Å²) < 4.78 is 27.0. The number of anilines is 2. The Kier molecular flexibility index (Phi) is 5.55. The highest BCUT2D eigenvalue weighted by Gasteiger charge is 2.41. The van der Waals surface area contributed by atoms with Crippen LogP contribution in [-0.4, -0.2) is 37.5 Å². The predicted octanol–water partition coefficient (Wildman–Crippen LogP) is 3.03. The molecular formula is C21H21N3O4S. The lowest BCUT2D eigenvalue weighted by atomic mass is 9.90.